The van der Waals surface area contributed by atoms with Crippen molar-refractivity contribution in [1.29, 1.82) is 0 Å². The molecule has 0 aliphatic carbocycles. The Morgan fingerprint density at radius 1 is 1.07 bits per heavy atom. The zero-order chi connectivity index (χ0) is 21.1. The van der Waals surface area contributed by atoms with Gasteiger partial charge in [0, 0.05) is 36.0 Å². The van der Waals surface area contributed by atoms with E-state index in [0.717, 1.165) is 5.56 Å². The van der Waals surface area contributed by atoms with E-state index in [2.05, 4.69) is 27.5 Å². The summed E-state index contributed by atoms with van der Waals surface area (Å²) in [5.74, 6) is 5.47. The average Bonchev–Trinajstić information content (AvgIpc) is 2.75. The van der Waals surface area contributed by atoms with Crippen molar-refractivity contribution in [1.82, 2.24) is 15.8 Å². The number of hydrogen-bond acceptors (Lipinski definition) is 7. The molecule has 0 bridgehead atoms. The van der Waals surface area contributed by atoms with Crippen molar-refractivity contribution in [2.45, 2.75) is 12.5 Å². The first-order valence-electron chi connectivity index (χ1n) is 8.84. The first-order chi connectivity index (χ1) is 14.0. The fraction of sp³-hybridized carbons (Fsp3) is 0.250. The van der Waals surface area contributed by atoms with Crippen molar-refractivity contribution in [3.63, 3.8) is 0 Å². The number of aromatic nitrogens is 1. The third-order valence-electron chi connectivity index (χ3n) is 3.72. The van der Waals surface area contributed by atoms with Gasteiger partial charge in [-0.15, -0.1) is 0 Å². The van der Waals surface area contributed by atoms with Crippen molar-refractivity contribution < 1.29 is 25.0 Å². The third-order valence-corrected chi connectivity index (χ3v) is 3.72. The van der Waals surface area contributed by atoms with Gasteiger partial charge in [0.2, 0.25) is 5.91 Å². The normalized spacial score (nSPS) is 11.0. The number of aliphatic hydroxyl groups is 2. The van der Waals surface area contributed by atoms with Crippen molar-refractivity contribution in [2.24, 2.45) is 0 Å². The SMILES string of the molecule is O=C(C[C@H](O)CNC(=O)c1ccc(C#Cc2ccc(NCCO)nc2)cc1)NO. The highest BCUT2D eigenvalue weighted by molar-refractivity contribution is 5.94. The van der Waals surface area contributed by atoms with Gasteiger partial charge in [0.15, 0.2) is 0 Å². The Morgan fingerprint density at radius 3 is 2.38 bits per heavy atom. The number of nitrogens with one attached hydrogen (secondary N) is 3. The maximum atomic E-state index is 12.1. The maximum absolute atomic E-state index is 12.1. The molecule has 0 fully saturated rings. The monoisotopic (exact) mass is 398 g/mol. The van der Waals surface area contributed by atoms with E-state index in [0.29, 0.717) is 23.5 Å². The van der Waals surface area contributed by atoms with Crippen molar-refractivity contribution >= 4 is 17.6 Å². The van der Waals surface area contributed by atoms with Gasteiger partial charge < -0.3 is 20.8 Å². The summed E-state index contributed by atoms with van der Waals surface area (Å²) in [7, 11) is 0. The van der Waals surface area contributed by atoms with Crippen LogP contribution in [0.4, 0.5) is 5.82 Å². The van der Waals surface area contributed by atoms with E-state index in [-0.39, 0.29) is 19.6 Å². The molecule has 2 rings (SSSR count). The molecular formula is C20H22N4O5. The summed E-state index contributed by atoms with van der Waals surface area (Å²) in [6, 6.07) is 10.2. The van der Waals surface area contributed by atoms with Gasteiger partial charge in [-0.3, -0.25) is 14.8 Å². The Balaban J connectivity index is 1.89. The molecule has 2 amide bonds. The van der Waals surface area contributed by atoms with Gasteiger partial charge in [-0.2, -0.15) is 0 Å². The minimum atomic E-state index is -1.10. The number of benzene rings is 1. The fourth-order valence-electron chi connectivity index (χ4n) is 2.25. The molecule has 1 aromatic carbocycles. The molecule has 1 aromatic heterocycles. The fourth-order valence-corrected chi connectivity index (χ4v) is 2.25. The molecule has 0 saturated heterocycles. The minimum Gasteiger partial charge on any atom is -0.395 e. The zero-order valence-corrected chi connectivity index (χ0v) is 15.6. The summed E-state index contributed by atoms with van der Waals surface area (Å²) in [4.78, 5) is 27.2. The highest BCUT2D eigenvalue weighted by Crippen LogP contribution is 2.06. The molecule has 6 N–H and O–H groups in total. The number of carbonyl (C=O) groups is 2. The van der Waals surface area contributed by atoms with Crippen LogP contribution < -0.4 is 16.1 Å². The quantitative estimate of drug-likeness (QED) is 0.206. The molecule has 152 valence electrons. The molecule has 29 heavy (non-hydrogen) atoms. The first kappa shape index (κ1) is 21.8. The lowest BCUT2D eigenvalue weighted by atomic mass is 10.1. The molecule has 1 heterocycles. The number of anilines is 1. The minimum absolute atomic E-state index is 0.0265. The molecule has 0 unspecified atom stereocenters. The van der Waals surface area contributed by atoms with E-state index in [1.807, 2.05) is 6.07 Å². The van der Waals surface area contributed by atoms with Crippen molar-refractivity contribution in [2.75, 3.05) is 25.0 Å². The molecule has 2 aromatic rings. The van der Waals surface area contributed by atoms with Gasteiger partial charge in [-0.25, -0.2) is 10.5 Å². The zero-order valence-electron chi connectivity index (χ0n) is 15.6. The van der Waals surface area contributed by atoms with Crippen LogP contribution in [0, 0.1) is 11.8 Å². The number of aliphatic hydroxyl groups excluding tert-OH is 2. The van der Waals surface area contributed by atoms with Crippen molar-refractivity contribution in [3.8, 4) is 11.8 Å². The van der Waals surface area contributed by atoms with Gasteiger partial charge in [0.05, 0.1) is 19.1 Å². The molecule has 9 heteroatoms. The predicted octanol–water partition coefficient (Wildman–Crippen LogP) is -0.128. The molecule has 0 aliphatic rings. The van der Waals surface area contributed by atoms with E-state index >= 15 is 0 Å². The van der Waals surface area contributed by atoms with E-state index in [9.17, 15) is 14.7 Å². The molecule has 0 spiro atoms. The predicted molar refractivity (Wildman–Crippen MR) is 105 cm³/mol. The van der Waals surface area contributed by atoms with Crippen LogP contribution in [0.3, 0.4) is 0 Å². The summed E-state index contributed by atoms with van der Waals surface area (Å²) < 4.78 is 0. The number of rotatable bonds is 8. The van der Waals surface area contributed by atoms with Crippen LogP contribution in [0.1, 0.15) is 27.9 Å². The van der Waals surface area contributed by atoms with Crippen LogP contribution in [0.2, 0.25) is 0 Å². The van der Waals surface area contributed by atoms with Gasteiger partial charge >= 0.3 is 0 Å². The second kappa shape index (κ2) is 11.4. The lowest BCUT2D eigenvalue weighted by Crippen LogP contribution is -2.35. The second-order valence-electron chi connectivity index (χ2n) is 6.01. The lowest BCUT2D eigenvalue weighted by molar-refractivity contribution is -0.131. The van der Waals surface area contributed by atoms with Crippen molar-refractivity contribution in [3.05, 3.63) is 59.3 Å². The number of hydrogen-bond donors (Lipinski definition) is 6. The van der Waals surface area contributed by atoms with Gasteiger partial charge in [-0.05, 0) is 36.4 Å². The maximum Gasteiger partial charge on any atom is 0.251 e. The molecule has 0 aliphatic heterocycles. The summed E-state index contributed by atoms with van der Waals surface area (Å²) >= 11 is 0. The van der Waals surface area contributed by atoms with E-state index in [1.165, 1.54) is 5.48 Å². The molecular weight excluding hydrogens is 376 g/mol. The number of pyridine rings is 1. The third kappa shape index (κ3) is 7.59. The Kier molecular flexibility index (Phi) is 8.59. The van der Waals surface area contributed by atoms with Crippen LogP contribution in [-0.4, -0.2) is 58.0 Å². The van der Waals surface area contributed by atoms with Gasteiger partial charge in [0.25, 0.3) is 5.91 Å². The summed E-state index contributed by atoms with van der Waals surface area (Å²) in [5, 5.41) is 32.2. The summed E-state index contributed by atoms with van der Waals surface area (Å²) in [6.45, 7) is 0.331. The Bertz CT molecular complexity index is 872. The summed E-state index contributed by atoms with van der Waals surface area (Å²) in [6.07, 6.45) is 0.199. The van der Waals surface area contributed by atoms with Gasteiger partial charge in [0.1, 0.15) is 5.82 Å². The lowest BCUT2D eigenvalue weighted by Gasteiger charge is -2.10. The Morgan fingerprint density at radius 2 is 1.76 bits per heavy atom. The van der Waals surface area contributed by atoms with Crippen LogP contribution in [0.15, 0.2) is 42.6 Å². The van der Waals surface area contributed by atoms with Crippen LogP contribution >= 0.6 is 0 Å². The molecule has 1 atom stereocenters. The van der Waals surface area contributed by atoms with E-state index in [4.69, 9.17) is 10.3 Å². The number of amides is 2. The number of hydroxylamine groups is 1. The topological polar surface area (TPSA) is 144 Å². The molecule has 0 saturated carbocycles. The average molecular weight is 398 g/mol. The number of nitrogens with zero attached hydrogens (tertiary/aromatic N) is 1. The smallest absolute Gasteiger partial charge is 0.251 e. The van der Waals surface area contributed by atoms with Crippen LogP contribution in [0.5, 0.6) is 0 Å². The Hall–Kier alpha value is -3.45. The highest BCUT2D eigenvalue weighted by Gasteiger charge is 2.12. The highest BCUT2D eigenvalue weighted by atomic mass is 16.5. The van der Waals surface area contributed by atoms with Crippen LogP contribution in [0.25, 0.3) is 0 Å². The largest absolute Gasteiger partial charge is 0.395 e. The van der Waals surface area contributed by atoms with E-state index in [1.54, 1.807) is 36.5 Å². The molecule has 0 radical (unpaired) electrons. The van der Waals surface area contributed by atoms with E-state index < -0.39 is 17.9 Å². The van der Waals surface area contributed by atoms with Crippen LogP contribution in [-0.2, 0) is 4.79 Å². The second-order valence-corrected chi connectivity index (χ2v) is 6.01. The summed E-state index contributed by atoms with van der Waals surface area (Å²) in [5.41, 5.74) is 3.24. The first-order valence-corrected chi connectivity index (χ1v) is 8.84. The molecule has 9 nitrogen and oxygen atoms in total. The van der Waals surface area contributed by atoms with Gasteiger partial charge in [-0.1, -0.05) is 11.8 Å². The Labute approximate surface area is 167 Å². The standard InChI is InChI=1S/C20H22N4O5/c25-10-9-21-18-8-5-15(12-22-18)2-1-14-3-6-16(7-4-14)20(28)23-13-17(26)11-19(27)24-29/h3-8,12,17,25-26,29H,9-11,13H2,(H,21,22)(H,23,28)(H,24,27)/t17-/m0/s1. The number of carbonyl (C=O) groups excluding carboxylic acids is 2.